The summed E-state index contributed by atoms with van der Waals surface area (Å²) < 4.78 is 0. The van der Waals surface area contributed by atoms with E-state index in [1.807, 2.05) is 31.2 Å². The number of carbonyl (C=O) groups is 3. The number of imide groups is 1. The Morgan fingerprint density at radius 3 is 2.60 bits per heavy atom. The Kier molecular flexibility index (Phi) is 6.38. The molecule has 1 atom stereocenters. The van der Waals surface area contributed by atoms with Gasteiger partial charge in [-0.1, -0.05) is 61.7 Å². The number of hydrogen-bond donors (Lipinski definition) is 2. The Labute approximate surface area is 179 Å². The van der Waals surface area contributed by atoms with Gasteiger partial charge in [-0.15, -0.1) is 0 Å². The Hall–Kier alpha value is -3.37. The van der Waals surface area contributed by atoms with E-state index in [1.54, 1.807) is 12.1 Å². The number of rotatable bonds is 7. The van der Waals surface area contributed by atoms with Gasteiger partial charge in [0, 0.05) is 5.69 Å². The van der Waals surface area contributed by atoms with Gasteiger partial charge in [0.05, 0.1) is 10.6 Å². The van der Waals surface area contributed by atoms with Crippen molar-refractivity contribution < 1.29 is 14.4 Å². The molecule has 7 nitrogen and oxygen atoms in total. The lowest BCUT2D eigenvalue weighted by atomic mass is 9.85. The minimum absolute atomic E-state index is 0.202. The highest BCUT2D eigenvalue weighted by molar-refractivity contribution is 6.32. The zero-order valence-corrected chi connectivity index (χ0v) is 17.2. The van der Waals surface area contributed by atoms with E-state index >= 15 is 0 Å². The number of carbonyl (C=O) groups excluding carboxylic acids is 3. The van der Waals surface area contributed by atoms with E-state index in [4.69, 9.17) is 16.9 Å². The molecule has 1 heterocycles. The highest BCUT2D eigenvalue weighted by Crippen LogP contribution is 2.34. The SMILES string of the molecule is CCCC[C@]1(c2ccccc2)NC(=O)N(CC(=O)Nc2ccc(C#N)c(Cl)c2)C1=O. The van der Waals surface area contributed by atoms with Crippen LogP contribution in [0.4, 0.5) is 10.5 Å². The first-order chi connectivity index (χ1) is 14.4. The molecule has 30 heavy (non-hydrogen) atoms. The van der Waals surface area contributed by atoms with Crippen LogP contribution in [0.2, 0.25) is 5.02 Å². The van der Waals surface area contributed by atoms with E-state index in [0.717, 1.165) is 17.7 Å². The summed E-state index contributed by atoms with van der Waals surface area (Å²) in [5.74, 6) is -0.987. The number of anilines is 1. The minimum Gasteiger partial charge on any atom is -0.324 e. The fraction of sp³-hybridized carbons (Fsp3) is 0.273. The largest absolute Gasteiger partial charge is 0.325 e. The molecule has 2 aromatic carbocycles. The predicted molar refractivity (Wildman–Crippen MR) is 113 cm³/mol. The van der Waals surface area contributed by atoms with Gasteiger partial charge in [-0.3, -0.25) is 14.5 Å². The summed E-state index contributed by atoms with van der Waals surface area (Å²) in [5.41, 5.74) is 0.175. The zero-order chi connectivity index (χ0) is 21.7. The van der Waals surface area contributed by atoms with Crippen LogP contribution in [0.25, 0.3) is 0 Å². The Morgan fingerprint density at radius 1 is 1.23 bits per heavy atom. The summed E-state index contributed by atoms with van der Waals surface area (Å²) in [6.07, 6.45) is 2.05. The molecule has 0 bridgehead atoms. The van der Waals surface area contributed by atoms with Crippen LogP contribution in [0.5, 0.6) is 0 Å². The first-order valence-electron chi connectivity index (χ1n) is 9.60. The number of benzene rings is 2. The lowest BCUT2D eigenvalue weighted by molar-refractivity contribution is -0.134. The molecule has 0 aliphatic carbocycles. The molecule has 3 rings (SSSR count). The van der Waals surface area contributed by atoms with Crippen LogP contribution in [0.1, 0.15) is 37.3 Å². The molecule has 2 N–H and O–H groups in total. The molecule has 0 unspecified atom stereocenters. The molecule has 0 radical (unpaired) electrons. The lowest BCUT2D eigenvalue weighted by Crippen LogP contribution is -2.44. The van der Waals surface area contributed by atoms with E-state index < -0.39 is 29.9 Å². The molecule has 1 aliphatic rings. The van der Waals surface area contributed by atoms with Crippen LogP contribution in [0.3, 0.4) is 0 Å². The van der Waals surface area contributed by atoms with Crippen LogP contribution < -0.4 is 10.6 Å². The average Bonchev–Trinajstić information content (AvgIpc) is 2.98. The normalized spacial score (nSPS) is 18.1. The van der Waals surface area contributed by atoms with Crippen LogP contribution >= 0.6 is 11.6 Å². The highest BCUT2D eigenvalue weighted by atomic mass is 35.5. The minimum atomic E-state index is -1.17. The number of nitrogens with zero attached hydrogens (tertiary/aromatic N) is 2. The Morgan fingerprint density at radius 2 is 1.97 bits per heavy atom. The highest BCUT2D eigenvalue weighted by Gasteiger charge is 2.52. The Balaban J connectivity index is 1.79. The molecule has 1 aliphatic heterocycles. The summed E-state index contributed by atoms with van der Waals surface area (Å²) in [4.78, 5) is 39.3. The van der Waals surface area contributed by atoms with Crippen molar-refractivity contribution in [3.63, 3.8) is 0 Å². The molecular weight excluding hydrogens is 404 g/mol. The van der Waals surface area contributed by atoms with Gasteiger partial charge in [-0.25, -0.2) is 4.79 Å². The van der Waals surface area contributed by atoms with E-state index in [2.05, 4.69) is 10.6 Å². The van der Waals surface area contributed by atoms with Crippen LogP contribution in [0.15, 0.2) is 48.5 Å². The van der Waals surface area contributed by atoms with Crippen LogP contribution in [-0.2, 0) is 15.1 Å². The molecule has 4 amide bonds. The number of urea groups is 1. The lowest BCUT2D eigenvalue weighted by Gasteiger charge is -2.27. The molecule has 0 spiro atoms. The number of halogens is 1. The number of nitrogens with one attached hydrogen (secondary N) is 2. The topological polar surface area (TPSA) is 102 Å². The second-order valence-electron chi connectivity index (χ2n) is 7.05. The fourth-order valence-corrected chi connectivity index (χ4v) is 3.69. The molecule has 0 saturated carbocycles. The van der Waals surface area contributed by atoms with Crippen molar-refractivity contribution in [1.82, 2.24) is 10.2 Å². The first-order valence-corrected chi connectivity index (χ1v) is 9.98. The van der Waals surface area contributed by atoms with E-state index in [1.165, 1.54) is 18.2 Å². The van der Waals surface area contributed by atoms with Gasteiger partial charge >= 0.3 is 6.03 Å². The zero-order valence-electron chi connectivity index (χ0n) is 16.4. The third-order valence-corrected chi connectivity index (χ3v) is 5.34. The predicted octanol–water partition coefficient (Wildman–Crippen LogP) is 3.79. The maximum atomic E-state index is 13.3. The number of hydrogen-bond acceptors (Lipinski definition) is 4. The monoisotopic (exact) mass is 424 g/mol. The smallest absolute Gasteiger partial charge is 0.324 e. The third-order valence-electron chi connectivity index (χ3n) is 5.02. The summed E-state index contributed by atoms with van der Waals surface area (Å²) >= 11 is 5.98. The van der Waals surface area contributed by atoms with Crippen molar-refractivity contribution in [2.75, 3.05) is 11.9 Å². The summed E-state index contributed by atoms with van der Waals surface area (Å²) in [6, 6.07) is 14.9. The maximum absolute atomic E-state index is 13.3. The quantitative estimate of drug-likeness (QED) is 0.660. The van der Waals surface area contributed by atoms with E-state index in [9.17, 15) is 14.4 Å². The summed E-state index contributed by atoms with van der Waals surface area (Å²) in [5, 5.41) is 14.6. The van der Waals surface area contributed by atoms with Gasteiger partial charge in [0.25, 0.3) is 5.91 Å². The van der Waals surface area contributed by atoms with Gasteiger partial charge in [0.2, 0.25) is 5.91 Å². The van der Waals surface area contributed by atoms with Gasteiger partial charge < -0.3 is 10.6 Å². The molecule has 154 valence electrons. The second-order valence-corrected chi connectivity index (χ2v) is 7.46. The van der Waals surface area contributed by atoms with Crippen molar-refractivity contribution in [3.8, 4) is 6.07 Å². The van der Waals surface area contributed by atoms with E-state index in [0.29, 0.717) is 17.7 Å². The van der Waals surface area contributed by atoms with Gasteiger partial charge in [-0.2, -0.15) is 5.26 Å². The second kappa shape index (κ2) is 8.97. The molecule has 0 aromatic heterocycles. The molecule has 1 fully saturated rings. The molecular formula is C22H21ClN4O3. The van der Waals surface area contributed by atoms with Crippen molar-refractivity contribution in [1.29, 1.82) is 5.26 Å². The van der Waals surface area contributed by atoms with Crippen molar-refractivity contribution in [3.05, 3.63) is 64.7 Å². The van der Waals surface area contributed by atoms with Gasteiger partial charge in [0.15, 0.2) is 0 Å². The number of nitriles is 1. The van der Waals surface area contributed by atoms with Gasteiger partial charge in [0.1, 0.15) is 18.2 Å². The van der Waals surface area contributed by atoms with Crippen LogP contribution in [0, 0.1) is 11.3 Å². The standard InChI is InChI=1S/C22H21ClN4O3/c1-2-3-11-22(16-7-5-4-6-8-16)20(29)27(21(30)26-22)14-19(28)25-17-10-9-15(13-24)18(23)12-17/h4-10,12H,2-3,11,14H2,1H3,(H,25,28)(H,26,30)/t22-/m1/s1. The van der Waals surface area contributed by atoms with E-state index in [-0.39, 0.29) is 10.6 Å². The molecule has 1 saturated heterocycles. The maximum Gasteiger partial charge on any atom is 0.325 e. The average molecular weight is 425 g/mol. The summed E-state index contributed by atoms with van der Waals surface area (Å²) in [7, 11) is 0. The third kappa shape index (κ3) is 4.14. The van der Waals surface area contributed by atoms with Crippen molar-refractivity contribution >= 4 is 35.1 Å². The van der Waals surface area contributed by atoms with Crippen LogP contribution in [-0.4, -0.2) is 29.3 Å². The first kappa shape index (κ1) is 21.3. The molecule has 8 heteroatoms. The number of unbranched alkanes of at least 4 members (excludes halogenated alkanes) is 1. The molecule has 2 aromatic rings. The van der Waals surface area contributed by atoms with Crippen molar-refractivity contribution in [2.24, 2.45) is 0 Å². The fourth-order valence-electron chi connectivity index (χ4n) is 3.47. The van der Waals surface area contributed by atoms with Gasteiger partial charge in [-0.05, 0) is 30.2 Å². The summed E-state index contributed by atoms with van der Waals surface area (Å²) in [6.45, 7) is 1.58. The Bertz CT molecular complexity index is 1020. The number of amides is 4. The van der Waals surface area contributed by atoms with Crippen molar-refractivity contribution in [2.45, 2.75) is 31.7 Å².